The molecule has 1 rings (SSSR count). The maximum atomic E-state index is 10.6. The van der Waals surface area contributed by atoms with E-state index in [0.717, 1.165) is 0 Å². The number of hydrogen-bond acceptors (Lipinski definition) is 1. The molecule has 15 heavy (non-hydrogen) atoms. The largest absolute Gasteiger partial charge is 0.481 e. The predicted octanol–water partition coefficient (Wildman–Crippen LogP) is 2.94. The van der Waals surface area contributed by atoms with Gasteiger partial charge in [-0.3, -0.25) is 4.79 Å². The van der Waals surface area contributed by atoms with E-state index in [1.54, 1.807) is 0 Å². The van der Waals surface area contributed by atoms with Gasteiger partial charge in [0.2, 0.25) is 0 Å². The van der Waals surface area contributed by atoms with Gasteiger partial charge in [-0.2, -0.15) is 0 Å². The first-order valence-corrected chi connectivity index (χ1v) is 5.21. The molecular formula is C13H18O2. The first kappa shape index (κ1) is 11.8. The van der Waals surface area contributed by atoms with E-state index >= 15 is 0 Å². The molecule has 0 radical (unpaired) electrons. The Bertz CT molecular complexity index is 366. The molecular weight excluding hydrogens is 188 g/mol. The van der Waals surface area contributed by atoms with Gasteiger partial charge < -0.3 is 5.11 Å². The molecule has 0 saturated carbocycles. The zero-order chi connectivity index (χ0) is 11.6. The predicted molar refractivity (Wildman–Crippen MR) is 61.3 cm³/mol. The van der Waals surface area contributed by atoms with E-state index < -0.39 is 5.97 Å². The van der Waals surface area contributed by atoms with E-state index in [0.29, 0.717) is 6.42 Å². The molecule has 0 fully saturated rings. The Morgan fingerprint density at radius 2 is 1.60 bits per heavy atom. The van der Waals surface area contributed by atoms with E-state index in [9.17, 15) is 4.79 Å². The van der Waals surface area contributed by atoms with Crippen molar-refractivity contribution in [2.45, 2.75) is 40.5 Å². The Hall–Kier alpha value is -1.31. The van der Waals surface area contributed by atoms with Gasteiger partial charge in [0, 0.05) is 6.42 Å². The monoisotopic (exact) mass is 206 g/mol. The Kier molecular flexibility index (Phi) is 3.51. The Labute approximate surface area is 90.9 Å². The fourth-order valence-electron chi connectivity index (χ4n) is 1.91. The van der Waals surface area contributed by atoms with Gasteiger partial charge in [-0.05, 0) is 61.9 Å². The number of aryl methyl sites for hydroxylation is 2. The molecule has 0 aliphatic carbocycles. The quantitative estimate of drug-likeness (QED) is 0.825. The maximum Gasteiger partial charge on any atom is 0.303 e. The smallest absolute Gasteiger partial charge is 0.303 e. The molecule has 0 bridgehead atoms. The van der Waals surface area contributed by atoms with Crippen LogP contribution in [0.5, 0.6) is 0 Å². The molecule has 0 amide bonds. The van der Waals surface area contributed by atoms with Crippen LogP contribution in [0.3, 0.4) is 0 Å². The topological polar surface area (TPSA) is 37.3 Å². The lowest BCUT2D eigenvalue weighted by Crippen LogP contribution is -2.03. The SMILES string of the molecule is Cc1cc(C)c(C)c(CCC(=O)O)c1C. The van der Waals surface area contributed by atoms with Crippen LogP contribution in [0, 0.1) is 27.7 Å². The van der Waals surface area contributed by atoms with Gasteiger partial charge in [0.25, 0.3) is 0 Å². The molecule has 0 aromatic heterocycles. The van der Waals surface area contributed by atoms with Crippen molar-refractivity contribution in [3.8, 4) is 0 Å². The average Bonchev–Trinajstić information content (AvgIpc) is 2.14. The van der Waals surface area contributed by atoms with Crippen LogP contribution >= 0.6 is 0 Å². The molecule has 1 N–H and O–H groups in total. The molecule has 0 spiro atoms. The van der Waals surface area contributed by atoms with Crippen LogP contribution in [0.4, 0.5) is 0 Å². The molecule has 0 unspecified atom stereocenters. The van der Waals surface area contributed by atoms with Crippen molar-refractivity contribution in [2.75, 3.05) is 0 Å². The fourth-order valence-corrected chi connectivity index (χ4v) is 1.91. The van der Waals surface area contributed by atoms with E-state index in [-0.39, 0.29) is 6.42 Å². The van der Waals surface area contributed by atoms with Crippen LogP contribution < -0.4 is 0 Å². The molecule has 2 heteroatoms. The summed E-state index contributed by atoms with van der Waals surface area (Å²) in [6.07, 6.45) is 0.847. The maximum absolute atomic E-state index is 10.6. The highest BCUT2D eigenvalue weighted by Gasteiger charge is 2.09. The number of hydrogen-bond donors (Lipinski definition) is 1. The molecule has 0 atom stereocenters. The third-order valence-corrected chi connectivity index (χ3v) is 3.11. The van der Waals surface area contributed by atoms with E-state index in [4.69, 9.17) is 5.11 Å². The van der Waals surface area contributed by atoms with Crippen LogP contribution in [0.25, 0.3) is 0 Å². The van der Waals surface area contributed by atoms with Gasteiger partial charge in [-0.15, -0.1) is 0 Å². The zero-order valence-electron chi connectivity index (χ0n) is 9.85. The number of rotatable bonds is 3. The van der Waals surface area contributed by atoms with E-state index in [1.165, 1.54) is 27.8 Å². The van der Waals surface area contributed by atoms with Gasteiger partial charge in [-0.1, -0.05) is 6.07 Å². The van der Waals surface area contributed by atoms with Crippen molar-refractivity contribution in [1.29, 1.82) is 0 Å². The molecule has 0 aliphatic rings. The van der Waals surface area contributed by atoms with Crippen molar-refractivity contribution >= 4 is 5.97 Å². The Morgan fingerprint density at radius 1 is 1.13 bits per heavy atom. The summed E-state index contributed by atoms with van der Waals surface area (Å²) in [6, 6.07) is 2.16. The van der Waals surface area contributed by atoms with Crippen LogP contribution in [-0.4, -0.2) is 11.1 Å². The van der Waals surface area contributed by atoms with E-state index in [1.807, 2.05) is 0 Å². The number of carbonyl (C=O) groups is 1. The summed E-state index contributed by atoms with van der Waals surface area (Å²) in [5, 5.41) is 8.70. The average molecular weight is 206 g/mol. The normalized spacial score (nSPS) is 10.4. The molecule has 2 nitrogen and oxygen atoms in total. The van der Waals surface area contributed by atoms with Crippen molar-refractivity contribution < 1.29 is 9.90 Å². The Balaban J connectivity index is 3.09. The number of aliphatic carboxylic acids is 1. The summed E-state index contributed by atoms with van der Waals surface area (Å²) < 4.78 is 0. The van der Waals surface area contributed by atoms with Crippen molar-refractivity contribution in [3.63, 3.8) is 0 Å². The standard InChI is InChI=1S/C13H18O2/c1-8-7-9(2)11(4)12(10(8)3)5-6-13(14)15/h7H,5-6H2,1-4H3,(H,14,15). The van der Waals surface area contributed by atoms with Gasteiger partial charge in [0.1, 0.15) is 0 Å². The van der Waals surface area contributed by atoms with Gasteiger partial charge in [-0.25, -0.2) is 0 Å². The van der Waals surface area contributed by atoms with Crippen LogP contribution in [0.15, 0.2) is 6.07 Å². The van der Waals surface area contributed by atoms with Crippen LogP contribution in [0.2, 0.25) is 0 Å². The Morgan fingerprint density at radius 3 is 2.00 bits per heavy atom. The summed E-state index contributed by atoms with van der Waals surface area (Å²) in [4.78, 5) is 10.6. The summed E-state index contributed by atoms with van der Waals surface area (Å²) in [6.45, 7) is 8.29. The van der Waals surface area contributed by atoms with Gasteiger partial charge in [0.15, 0.2) is 0 Å². The number of carboxylic acids is 1. The summed E-state index contributed by atoms with van der Waals surface area (Å²) in [5.41, 5.74) is 6.17. The summed E-state index contributed by atoms with van der Waals surface area (Å²) >= 11 is 0. The number of carboxylic acid groups (broad SMARTS) is 1. The second kappa shape index (κ2) is 4.47. The third-order valence-electron chi connectivity index (χ3n) is 3.11. The lowest BCUT2D eigenvalue weighted by atomic mass is 9.91. The fraction of sp³-hybridized carbons (Fsp3) is 0.462. The van der Waals surface area contributed by atoms with Crippen molar-refractivity contribution in [2.24, 2.45) is 0 Å². The van der Waals surface area contributed by atoms with Crippen LogP contribution in [0.1, 0.15) is 34.2 Å². The second-order valence-corrected chi connectivity index (χ2v) is 4.13. The van der Waals surface area contributed by atoms with Gasteiger partial charge in [0.05, 0.1) is 0 Å². The minimum absolute atomic E-state index is 0.213. The van der Waals surface area contributed by atoms with Gasteiger partial charge >= 0.3 is 5.97 Å². The lowest BCUT2D eigenvalue weighted by molar-refractivity contribution is -0.136. The lowest BCUT2D eigenvalue weighted by Gasteiger charge is -2.14. The molecule has 82 valence electrons. The molecule has 0 heterocycles. The highest BCUT2D eigenvalue weighted by Crippen LogP contribution is 2.22. The van der Waals surface area contributed by atoms with E-state index in [2.05, 4.69) is 33.8 Å². The highest BCUT2D eigenvalue weighted by atomic mass is 16.4. The minimum Gasteiger partial charge on any atom is -0.481 e. The molecule has 1 aromatic rings. The molecule has 0 saturated heterocycles. The third kappa shape index (κ3) is 2.58. The first-order valence-electron chi connectivity index (χ1n) is 5.21. The zero-order valence-corrected chi connectivity index (χ0v) is 9.85. The second-order valence-electron chi connectivity index (χ2n) is 4.13. The summed E-state index contributed by atoms with van der Waals surface area (Å²) in [5.74, 6) is -0.729. The van der Waals surface area contributed by atoms with Crippen LogP contribution in [-0.2, 0) is 11.2 Å². The first-order chi connectivity index (χ1) is 6.93. The molecule has 1 aromatic carbocycles. The van der Waals surface area contributed by atoms with Crippen molar-refractivity contribution in [3.05, 3.63) is 33.9 Å². The summed E-state index contributed by atoms with van der Waals surface area (Å²) in [7, 11) is 0. The molecule has 0 aliphatic heterocycles. The van der Waals surface area contributed by atoms with Crippen molar-refractivity contribution in [1.82, 2.24) is 0 Å². The number of benzene rings is 1. The highest BCUT2D eigenvalue weighted by molar-refractivity contribution is 5.67. The minimum atomic E-state index is -0.729.